The zero-order valence-electron chi connectivity index (χ0n) is 17.6. The summed E-state index contributed by atoms with van der Waals surface area (Å²) in [4.78, 5) is 31.1. The van der Waals surface area contributed by atoms with E-state index in [9.17, 15) is 9.59 Å². The van der Waals surface area contributed by atoms with Crippen molar-refractivity contribution in [3.8, 4) is 17.0 Å². The van der Waals surface area contributed by atoms with Gasteiger partial charge in [0.05, 0.1) is 18.4 Å². The lowest BCUT2D eigenvalue weighted by atomic mass is 9.98. The average Bonchev–Trinajstić information content (AvgIpc) is 3.44. The van der Waals surface area contributed by atoms with E-state index in [4.69, 9.17) is 4.74 Å². The molecular weight excluding hydrogens is 436 g/mol. The van der Waals surface area contributed by atoms with Crippen molar-refractivity contribution in [1.29, 1.82) is 0 Å². The molecule has 2 heterocycles. The second kappa shape index (κ2) is 8.68. The highest BCUT2D eigenvalue weighted by Gasteiger charge is 2.20. The summed E-state index contributed by atoms with van der Waals surface area (Å²) in [7, 11) is 1.62. The number of nitrogens with one attached hydrogen (secondary N) is 1. The van der Waals surface area contributed by atoms with Crippen molar-refractivity contribution in [2.75, 3.05) is 12.4 Å². The number of carbonyl (C=O) groups is 2. The second-order valence-electron chi connectivity index (χ2n) is 7.18. The van der Waals surface area contributed by atoms with Gasteiger partial charge in [-0.15, -0.1) is 16.4 Å². The molecule has 7 nitrogen and oxygen atoms in total. The lowest BCUT2D eigenvalue weighted by Crippen LogP contribution is -2.17. The molecule has 0 aliphatic rings. The van der Waals surface area contributed by atoms with Gasteiger partial charge in [0, 0.05) is 22.1 Å². The molecule has 5 rings (SSSR count). The number of anilines is 1. The van der Waals surface area contributed by atoms with Crippen LogP contribution in [0.25, 0.3) is 16.2 Å². The average molecular weight is 455 g/mol. The standard InChI is InChI=1S/C25H18N4O3S/c1-32-18-11-7-10-17(14-18)21-15-33-25-27-24(28-29(21)25)26-23(31)20-13-6-5-12-19(20)22(30)16-8-3-2-4-9-16/h2-15H,1H3,(H,26,28,31). The molecule has 0 unspecified atom stereocenters. The summed E-state index contributed by atoms with van der Waals surface area (Å²) >= 11 is 1.41. The summed E-state index contributed by atoms with van der Waals surface area (Å²) < 4.78 is 6.98. The van der Waals surface area contributed by atoms with Crippen molar-refractivity contribution in [3.63, 3.8) is 0 Å². The van der Waals surface area contributed by atoms with Crippen LogP contribution in [0.3, 0.4) is 0 Å². The predicted molar refractivity (Wildman–Crippen MR) is 127 cm³/mol. The van der Waals surface area contributed by atoms with Crippen LogP contribution in [0.4, 0.5) is 5.95 Å². The summed E-state index contributed by atoms with van der Waals surface area (Å²) in [5.41, 5.74) is 2.85. The molecule has 2 aromatic heterocycles. The minimum atomic E-state index is -0.448. The molecule has 8 heteroatoms. The molecule has 0 saturated heterocycles. The van der Waals surface area contributed by atoms with E-state index < -0.39 is 5.91 Å². The zero-order valence-corrected chi connectivity index (χ0v) is 18.4. The molecular formula is C25H18N4O3S. The van der Waals surface area contributed by atoms with E-state index in [-0.39, 0.29) is 17.3 Å². The molecule has 3 aromatic carbocycles. The van der Waals surface area contributed by atoms with Crippen LogP contribution in [0.5, 0.6) is 5.75 Å². The summed E-state index contributed by atoms with van der Waals surface area (Å²) in [5.74, 6) is 0.231. The third kappa shape index (κ3) is 3.99. The number of fused-ring (bicyclic) bond motifs is 1. The first kappa shape index (κ1) is 20.6. The number of ketones is 1. The largest absolute Gasteiger partial charge is 0.497 e. The fourth-order valence-corrected chi connectivity index (χ4v) is 4.34. The number of hydrogen-bond donors (Lipinski definition) is 1. The van der Waals surface area contributed by atoms with Gasteiger partial charge < -0.3 is 4.74 Å². The van der Waals surface area contributed by atoms with Gasteiger partial charge in [0.2, 0.25) is 4.96 Å². The molecule has 0 radical (unpaired) electrons. The summed E-state index contributed by atoms with van der Waals surface area (Å²) in [5, 5.41) is 9.14. The summed E-state index contributed by atoms with van der Waals surface area (Å²) in [6, 6.07) is 23.2. The minimum absolute atomic E-state index is 0.165. The van der Waals surface area contributed by atoms with Crippen molar-refractivity contribution >= 4 is 33.9 Å². The van der Waals surface area contributed by atoms with Gasteiger partial charge in [-0.1, -0.05) is 60.7 Å². The Morgan fingerprint density at radius 2 is 1.70 bits per heavy atom. The Hall–Kier alpha value is -4.30. The van der Waals surface area contributed by atoms with Crippen LogP contribution < -0.4 is 10.1 Å². The van der Waals surface area contributed by atoms with E-state index in [1.807, 2.05) is 35.7 Å². The third-order valence-corrected chi connectivity index (χ3v) is 5.94. The third-order valence-electron chi connectivity index (χ3n) is 5.12. The Kier molecular flexibility index (Phi) is 5.42. The van der Waals surface area contributed by atoms with Crippen LogP contribution in [0.15, 0.2) is 84.2 Å². The predicted octanol–water partition coefficient (Wildman–Crippen LogP) is 4.95. The number of carbonyl (C=O) groups excluding carboxylic acids is 2. The molecule has 5 aromatic rings. The van der Waals surface area contributed by atoms with Crippen molar-refractivity contribution in [1.82, 2.24) is 14.6 Å². The number of thiazole rings is 1. The van der Waals surface area contributed by atoms with Crippen molar-refractivity contribution in [2.24, 2.45) is 0 Å². The van der Waals surface area contributed by atoms with Gasteiger partial charge >= 0.3 is 0 Å². The zero-order chi connectivity index (χ0) is 22.8. The van der Waals surface area contributed by atoms with E-state index in [0.29, 0.717) is 16.1 Å². The number of aromatic nitrogens is 3. The number of amides is 1. The maximum atomic E-state index is 13.0. The normalized spacial score (nSPS) is 10.8. The van der Waals surface area contributed by atoms with Gasteiger partial charge in [0.15, 0.2) is 5.78 Å². The first-order chi connectivity index (χ1) is 16.1. The fourth-order valence-electron chi connectivity index (χ4n) is 3.51. The molecule has 33 heavy (non-hydrogen) atoms. The topological polar surface area (TPSA) is 85.6 Å². The van der Waals surface area contributed by atoms with Crippen molar-refractivity contribution in [3.05, 3.63) is 101 Å². The monoisotopic (exact) mass is 454 g/mol. The Balaban J connectivity index is 1.44. The summed E-state index contributed by atoms with van der Waals surface area (Å²) in [6.07, 6.45) is 0. The first-order valence-corrected chi connectivity index (χ1v) is 11.0. The van der Waals surface area contributed by atoms with Gasteiger partial charge in [-0.3, -0.25) is 14.9 Å². The first-order valence-electron chi connectivity index (χ1n) is 10.1. The lowest BCUT2D eigenvalue weighted by molar-refractivity contribution is 0.0996. The molecule has 0 aliphatic heterocycles. The highest BCUT2D eigenvalue weighted by atomic mass is 32.1. The van der Waals surface area contributed by atoms with Crippen LogP contribution >= 0.6 is 11.3 Å². The van der Waals surface area contributed by atoms with E-state index in [0.717, 1.165) is 17.0 Å². The molecule has 0 aliphatic carbocycles. The van der Waals surface area contributed by atoms with E-state index in [1.165, 1.54) is 11.3 Å². The number of nitrogens with zero attached hydrogens (tertiary/aromatic N) is 3. The SMILES string of the molecule is COc1cccc(-c2csc3nc(NC(=O)c4ccccc4C(=O)c4ccccc4)nn23)c1. The minimum Gasteiger partial charge on any atom is -0.497 e. The number of ether oxygens (including phenoxy) is 1. The summed E-state index contributed by atoms with van der Waals surface area (Å²) in [6.45, 7) is 0. The van der Waals surface area contributed by atoms with Gasteiger partial charge in [-0.2, -0.15) is 4.98 Å². The molecule has 1 amide bonds. The van der Waals surface area contributed by atoms with Crippen LogP contribution in [-0.2, 0) is 0 Å². The molecule has 1 N–H and O–H groups in total. The van der Waals surface area contributed by atoms with Crippen LogP contribution in [0.2, 0.25) is 0 Å². The van der Waals surface area contributed by atoms with Crippen molar-refractivity contribution < 1.29 is 14.3 Å². The molecule has 162 valence electrons. The smallest absolute Gasteiger partial charge is 0.258 e. The van der Waals surface area contributed by atoms with Gasteiger partial charge in [-0.05, 0) is 18.2 Å². The number of methoxy groups -OCH3 is 1. The Morgan fingerprint density at radius 3 is 2.48 bits per heavy atom. The lowest BCUT2D eigenvalue weighted by Gasteiger charge is -2.08. The van der Waals surface area contributed by atoms with Gasteiger partial charge in [-0.25, -0.2) is 4.52 Å². The maximum Gasteiger partial charge on any atom is 0.258 e. The van der Waals surface area contributed by atoms with E-state index >= 15 is 0 Å². The Bertz CT molecular complexity index is 1470. The molecule has 0 bridgehead atoms. The Labute approximate surface area is 193 Å². The molecule has 0 atom stereocenters. The van der Waals surface area contributed by atoms with Crippen molar-refractivity contribution in [2.45, 2.75) is 0 Å². The molecule has 0 spiro atoms. The fraction of sp³-hybridized carbons (Fsp3) is 0.0400. The Morgan fingerprint density at radius 1 is 0.939 bits per heavy atom. The highest BCUT2D eigenvalue weighted by molar-refractivity contribution is 7.15. The molecule has 0 fully saturated rings. The van der Waals surface area contributed by atoms with Gasteiger partial charge in [0.25, 0.3) is 11.9 Å². The molecule has 0 saturated carbocycles. The maximum absolute atomic E-state index is 13.0. The number of hydrogen-bond acceptors (Lipinski definition) is 6. The van der Waals surface area contributed by atoms with Gasteiger partial charge in [0.1, 0.15) is 5.75 Å². The van der Waals surface area contributed by atoms with E-state index in [1.54, 1.807) is 60.2 Å². The van der Waals surface area contributed by atoms with Crippen LogP contribution in [0.1, 0.15) is 26.3 Å². The van der Waals surface area contributed by atoms with Crippen LogP contribution in [0, 0.1) is 0 Å². The quantitative estimate of drug-likeness (QED) is 0.367. The van der Waals surface area contributed by atoms with E-state index in [2.05, 4.69) is 15.4 Å². The van der Waals surface area contributed by atoms with Crippen LogP contribution in [-0.4, -0.2) is 33.4 Å². The number of rotatable bonds is 6. The number of benzene rings is 3. The second-order valence-corrected chi connectivity index (χ2v) is 8.01. The highest BCUT2D eigenvalue weighted by Crippen LogP contribution is 2.28.